The summed E-state index contributed by atoms with van der Waals surface area (Å²) < 4.78 is 38.9. The summed E-state index contributed by atoms with van der Waals surface area (Å²) in [5, 5.41) is 8.92. The van der Waals surface area contributed by atoms with Gasteiger partial charge in [-0.05, 0) is 49.6 Å². The summed E-state index contributed by atoms with van der Waals surface area (Å²) in [6.45, 7) is 3.79. The van der Waals surface area contributed by atoms with Gasteiger partial charge in [-0.2, -0.15) is 10.2 Å². The number of esters is 1. The van der Waals surface area contributed by atoms with E-state index in [9.17, 15) is 9.18 Å². The van der Waals surface area contributed by atoms with Crippen LogP contribution in [0.25, 0.3) is 11.0 Å². The molecule has 0 bridgehead atoms. The lowest BCUT2D eigenvalue weighted by molar-refractivity contribution is -0.0592. The van der Waals surface area contributed by atoms with Gasteiger partial charge in [-0.15, -0.1) is 0 Å². The van der Waals surface area contributed by atoms with Gasteiger partial charge in [-0.1, -0.05) is 12.1 Å². The standard InChI is InChI=1S/C32H32FN5O5/c1-40-32(39)22-7-8-27-28(16-22)38(18-25-11-14-41-25)29(35-27)19-37-12-9-24(10-13-37)43-31-4-2-3-30(36-31)42-20-23-6-5-21(17-34)15-26(23)33/h2-8,15-16,24-25H,9-14,18-20H2,1H3/t25-/m0/s1. The van der Waals surface area contributed by atoms with Crippen molar-refractivity contribution in [1.29, 1.82) is 5.26 Å². The molecule has 2 saturated heterocycles. The van der Waals surface area contributed by atoms with Crippen molar-refractivity contribution in [1.82, 2.24) is 19.4 Å². The molecule has 2 aliphatic heterocycles. The largest absolute Gasteiger partial charge is 0.474 e. The highest BCUT2D eigenvalue weighted by Gasteiger charge is 2.26. The fraction of sp³-hybridized carbons (Fsp3) is 0.375. The average Bonchev–Trinajstić information content (AvgIpc) is 3.34. The maximum absolute atomic E-state index is 14.2. The molecule has 10 nitrogen and oxygen atoms in total. The molecular weight excluding hydrogens is 553 g/mol. The van der Waals surface area contributed by atoms with Crippen LogP contribution < -0.4 is 9.47 Å². The van der Waals surface area contributed by atoms with Gasteiger partial charge < -0.3 is 23.5 Å². The van der Waals surface area contributed by atoms with E-state index in [1.54, 1.807) is 30.3 Å². The Morgan fingerprint density at radius 1 is 1.09 bits per heavy atom. The number of carbonyl (C=O) groups is 1. The number of piperidine rings is 1. The number of rotatable bonds is 10. The molecule has 2 aromatic carbocycles. The predicted molar refractivity (Wildman–Crippen MR) is 154 cm³/mol. The third kappa shape index (κ3) is 6.61. The number of pyridine rings is 1. The highest BCUT2D eigenvalue weighted by Crippen LogP contribution is 2.26. The lowest BCUT2D eigenvalue weighted by atomic mass is 10.1. The number of hydrogen-bond acceptors (Lipinski definition) is 9. The molecule has 4 aromatic rings. The summed E-state index contributed by atoms with van der Waals surface area (Å²) in [5.41, 5.74) is 2.85. The number of fused-ring (bicyclic) bond motifs is 1. The molecule has 0 amide bonds. The Kier molecular flexibility index (Phi) is 8.49. The average molecular weight is 586 g/mol. The van der Waals surface area contributed by atoms with Crippen LogP contribution in [-0.2, 0) is 29.2 Å². The molecule has 6 rings (SSSR count). The number of aromatic nitrogens is 3. The molecule has 0 N–H and O–H groups in total. The first-order valence-corrected chi connectivity index (χ1v) is 14.4. The minimum atomic E-state index is -0.490. The minimum absolute atomic E-state index is 0.000205. The van der Waals surface area contributed by atoms with Gasteiger partial charge in [0, 0.05) is 37.4 Å². The number of ether oxygens (including phenoxy) is 4. The van der Waals surface area contributed by atoms with Crippen LogP contribution in [-0.4, -0.2) is 64.4 Å². The van der Waals surface area contributed by atoms with Crippen molar-refractivity contribution in [2.45, 2.75) is 51.2 Å². The molecule has 0 radical (unpaired) electrons. The molecule has 11 heteroatoms. The van der Waals surface area contributed by atoms with E-state index < -0.39 is 5.82 Å². The van der Waals surface area contributed by atoms with E-state index in [1.165, 1.54) is 19.2 Å². The highest BCUT2D eigenvalue weighted by atomic mass is 19.1. The predicted octanol–water partition coefficient (Wildman–Crippen LogP) is 4.64. The summed E-state index contributed by atoms with van der Waals surface area (Å²) in [4.78, 5) is 23.9. The van der Waals surface area contributed by atoms with Gasteiger partial charge in [0.2, 0.25) is 11.8 Å². The third-order valence-corrected chi connectivity index (χ3v) is 7.87. The van der Waals surface area contributed by atoms with E-state index in [4.69, 9.17) is 29.2 Å². The molecule has 1 atom stereocenters. The lowest BCUT2D eigenvalue weighted by Crippen LogP contribution is -2.39. The Balaban J connectivity index is 1.06. The molecular formula is C32H32FN5O5. The van der Waals surface area contributed by atoms with Crippen molar-refractivity contribution in [2.24, 2.45) is 0 Å². The Bertz CT molecular complexity index is 1660. The smallest absolute Gasteiger partial charge is 0.337 e. The van der Waals surface area contributed by atoms with Crippen LogP contribution in [0.4, 0.5) is 4.39 Å². The molecule has 2 aliphatic rings. The van der Waals surface area contributed by atoms with Crippen LogP contribution in [0.1, 0.15) is 46.6 Å². The number of likely N-dealkylation sites (tertiary alicyclic amines) is 1. The number of imidazole rings is 1. The van der Waals surface area contributed by atoms with E-state index in [0.717, 1.165) is 55.8 Å². The normalized spacial score (nSPS) is 17.3. The zero-order valence-corrected chi connectivity index (χ0v) is 23.9. The van der Waals surface area contributed by atoms with Crippen molar-refractivity contribution < 1.29 is 28.1 Å². The molecule has 222 valence electrons. The quantitative estimate of drug-likeness (QED) is 0.246. The van der Waals surface area contributed by atoms with E-state index in [0.29, 0.717) is 36.0 Å². The first-order chi connectivity index (χ1) is 21.0. The monoisotopic (exact) mass is 585 g/mol. The second kappa shape index (κ2) is 12.8. The fourth-order valence-corrected chi connectivity index (χ4v) is 5.36. The molecule has 4 heterocycles. The summed E-state index contributed by atoms with van der Waals surface area (Å²) in [6.07, 6.45) is 2.79. The van der Waals surface area contributed by atoms with Gasteiger partial charge in [-0.25, -0.2) is 14.2 Å². The van der Waals surface area contributed by atoms with Gasteiger partial charge in [-0.3, -0.25) is 4.90 Å². The molecule has 0 saturated carbocycles. The number of carbonyl (C=O) groups excluding carboxylic acids is 1. The van der Waals surface area contributed by atoms with E-state index in [-0.39, 0.29) is 30.3 Å². The summed E-state index contributed by atoms with van der Waals surface area (Å²) in [5.74, 6) is 0.876. The summed E-state index contributed by atoms with van der Waals surface area (Å²) >= 11 is 0. The number of halogens is 1. The van der Waals surface area contributed by atoms with Crippen LogP contribution in [0.3, 0.4) is 0 Å². The molecule has 43 heavy (non-hydrogen) atoms. The Morgan fingerprint density at radius 2 is 1.91 bits per heavy atom. The van der Waals surface area contributed by atoms with Crippen LogP contribution in [0.5, 0.6) is 11.8 Å². The highest BCUT2D eigenvalue weighted by molar-refractivity contribution is 5.93. The molecule has 0 spiro atoms. The Morgan fingerprint density at radius 3 is 2.63 bits per heavy atom. The van der Waals surface area contributed by atoms with Gasteiger partial charge in [0.25, 0.3) is 0 Å². The van der Waals surface area contributed by atoms with Gasteiger partial charge in [0.1, 0.15) is 24.4 Å². The van der Waals surface area contributed by atoms with E-state index in [2.05, 4.69) is 14.5 Å². The van der Waals surface area contributed by atoms with Crippen molar-refractivity contribution in [3.8, 4) is 17.8 Å². The molecule has 0 unspecified atom stereocenters. The molecule has 0 aliphatic carbocycles. The number of nitriles is 1. The van der Waals surface area contributed by atoms with Crippen LogP contribution >= 0.6 is 0 Å². The maximum Gasteiger partial charge on any atom is 0.337 e. The van der Waals surface area contributed by atoms with Gasteiger partial charge >= 0.3 is 5.97 Å². The van der Waals surface area contributed by atoms with Crippen LogP contribution in [0.2, 0.25) is 0 Å². The lowest BCUT2D eigenvalue weighted by Gasteiger charge is -2.32. The van der Waals surface area contributed by atoms with E-state index in [1.807, 2.05) is 18.2 Å². The number of methoxy groups -OCH3 is 1. The second-order valence-electron chi connectivity index (χ2n) is 10.7. The van der Waals surface area contributed by atoms with Crippen molar-refractivity contribution in [3.63, 3.8) is 0 Å². The van der Waals surface area contributed by atoms with Crippen molar-refractivity contribution in [2.75, 3.05) is 26.8 Å². The SMILES string of the molecule is COC(=O)c1ccc2nc(CN3CCC(Oc4cccc(OCc5ccc(C#N)cc5F)n4)CC3)n(C[C@@H]3CCO3)c2c1. The number of benzene rings is 2. The maximum atomic E-state index is 14.2. The fourth-order valence-electron chi connectivity index (χ4n) is 5.36. The second-order valence-corrected chi connectivity index (χ2v) is 10.7. The zero-order valence-electron chi connectivity index (χ0n) is 23.9. The van der Waals surface area contributed by atoms with Gasteiger partial charge in [0.15, 0.2) is 0 Å². The van der Waals surface area contributed by atoms with Crippen molar-refractivity contribution >= 4 is 17.0 Å². The summed E-state index contributed by atoms with van der Waals surface area (Å²) in [6, 6.07) is 17.0. The topological polar surface area (TPSA) is 112 Å². The Labute approximate surface area is 248 Å². The van der Waals surface area contributed by atoms with Crippen LogP contribution in [0, 0.1) is 17.1 Å². The van der Waals surface area contributed by atoms with Crippen molar-refractivity contribution in [3.05, 3.63) is 82.9 Å². The third-order valence-electron chi connectivity index (χ3n) is 7.87. The first-order valence-electron chi connectivity index (χ1n) is 14.4. The summed E-state index contributed by atoms with van der Waals surface area (Å²) in [7, 11) is 1.38. The number of nitrogens with zero attached hydrogens (tertiary/aromatic N) is 5. The first kappa shape index (κ1) is 28.6. The number of hydrogen-bond donors (Lipinski definition) is 0. The minimum Gasteiger partial charge on any atom is -0.474 e. The van der Waals surface area contributed by atoms with Gasteiger partial charge in [0.05, 0.1) is 54.5 Å². The van der Waals surface area contributed by atoms with E-state index >= 15 is 0 Å². The molecule has 2 fully saturated rings. The Hall–Kier alpha value is -4.53. The molecule has 2 aromatic heterocycles. The zero-order chi connectivity index (χ0) is 29.8. The van der Waals surface area contributed by atoms with Crippen LogP contribution in [0.15, 0.2) is 54.6 Å².